The number of carbonyl (C=O) groups is 2. The SMILES string of the molecule is O=C1C/C(=C\c2cnn3c(NC4CC4)cc(Nc4ccc(-n5ccnc5)cn4)nc23)C(=O)N1. The Bertz CT molecular complexity index is 1400. The molecule has 4 aromatic heterocycles. The number of amides is 2. The maximum Gasteiger partial charge on any atom is 0.254 e. The van der Waals surface area contributed by atoms with Gasteiger partial charge >= 0.3 is 0 Å². The van der Waals surface area contributed by atoms with Gasteiger partial charge in [-0.25, -0.2) is 15.0 Å². The smallest absolute Gasteiger partial charge is 0.254 e. The molecule has 3 N–H and O–H groups in total. The summed E-state index contributed by atoms with van der Waals surface area (Å²) in [6.45, 7) is 0. The lowest BCUT2D eigenvalue weighted by molar-refractivity contribution is -0.124. The van der Waals surface area contributed by atoms with E-state index >= 15 is 0 Å². The lowest BCUT2D eigenvalue weighted by Crippen LogP contribution is -2.19. The molecular formula is C22H19N9O2. The molecule has 6 rings (SSSR count). The Morgan fingerprint density at radius 3 is 2.76 bits per heavy atom. The Morgan fingerprint density at radius 2 is 2.06 bits per heavy atom. The Morgan fingerprint density at radius 1 is 1.15 bits per heavy atom. The maximum absolute atomic E-state index is 12.0. The zero-order chi connectivity index (χ0) is 22.4. The Kier molecular flexibility index (Phi) is 4.39. The fraction of sp³-hybridized carbons (Fsp3) is 0.182. The van der Waals surface area contributed by atoms with E-state index in [1.165, 1.54) is 0 Å². The third-order valence-electron chi connectivity index (χ3n) is 5.46. The second-order valence-electron chi connectivity index (χ2n) is 8.00. The van der Waals surface area contributed by atoms with Gasteiger partial charge in [-0.1, -0.05) is 0 Å². The van der Waals surface area contributed by atoms with E-state index in [1.807, 2.05) is 29.0 Å². The zero-order valence-corrected chi connectivity index (χ0v) is 17.4. The van der Waals surface area contributed by atoms with E-state index in [0.717, 1.165) is 24.3 Å². The molecule has 2 amide bonds. The molecule has 33 heavy (non-hydrogen) atoms. The van der Waals surface area contributed by atoms with Crippen LogP contribution in [0.2, 0.25) is 0 Å². The first-order valence-electron chi connectivity index (χ1n) is 10.5. The fourth-order valence-electron chi connectivity index (χ4n) is 3.65. The van der Waals surface area contributed by atoms with Crippen molar-refractivity contribution in [3.63, 3.8) is 0 Å². The summed E-state index contributed by atoms with van der Waals surface area (Å²) >= 11 is 0. The molecule has 1 aliphatic carbocycles. The molecule has 5 heterocycles. The molecule has 0 radical (unpaired) electrons. The van der Waals surface area contributed by atoms with Crippen molar-refractivity contribution in [2.75, 3.05) is 10.6 Å². The normalized spacial score (nSPS) is 17.0. The average molecular weight is 441 g/mol. The Balaban J connectivity index is 1.35. The lowest BCUT2D eigenvalue weighted by atomic mass is 10.1. The van der Waals surface area contributed by atoms with E-state index in [9.17, 15) is 9.59 Å². The number of fused-ring (bicyclic) bond motifs is 1. The van der Waals surface area contributed by atoms with Crippen LogP contribution in [0.25, 0.3) is 17.4 Å². The number of nitrogens with one attached hydrogen (secondary N) is 3. The van der Waals surface area contributed by atoms with Crippen molar-refractivity contribution in [2.45, 2.75) is 25.3 Å². The monoisotopic (exact) mass is 441 g/mol. The van der Waals surface area contributed by atoms with Crippen LogP contribution < -0.4 is 16.0 Å². The third kappa shape index (κ3) is 3.80. The first-order chi connectivity index (χ1) is 16.1. The maximum atomic E-state index is 12.0. The highest BCUT2D eigenvalue weighted by molar-refractivity contribution is 6.15. The highest BCUT2D eigenvalue weighted by atomic mass is 16.2. The van der Waals surface area contributed by atoms with E-state index in [1.54, 1.807) is 35.5 Å². The summed E-state index contributed by atoms with van der Waals surface area (Å²) in [4.78, 5) is 36.8. The predicted molar refractivity (Wildman–Crippen MR) is 120 cm³/mol. The summed E-state index contributed by atoms with van der Waals surface area (Å²) < 4.78 is 3.58. The van der Waals surface area contributed by atoms with Gasteiger partial charge in [-0.15, -0.1) is 0 Å². The van der Waals surface area contributed by atoms with Crippen molar-refractivity contribution in [3.05, 3.63) is 60.5 Å². The van der Waals surface area contributed by atoms with Gasteiger partial charge in [0.05, 0.1) is 30.8 Å². The summed E-state index contributed by atoms with van der Waals surface area (Å²) in [5, 5.41) is 13.5. The van der Waals surface area contributed by atoms with Crippen LogP contribution in [0.1, 0.15) is 24.8 Å². The van der Waals surface area contributed by atoms with Crippen molar-refractivity contribution in [1.29, 1.82) is 0 Å². The third-order valence-corrected chi connectivity index (χ3v) is 5.46. The number of carbonyl (C=O) groups excluding carboxylic acids is 2. The number of hydrogen-bond acceptors (Lipinski definition) is 8. The largest absolute Gasteiger partial charge is 0.367 e. The minimum absolute atomic E-state index is 0.0501. The molecule has 11 heteroatoms. The van der Waals surface area contributed by atoms with Crippen molar-refractivity contribution in [2.24, 2.45) is 0 Å². The number of pyridine rings is 1. The molecule has 0 atom stereocenters. The zero-order valence-electron chi connectivity index (χ0n) is 17.4. The molecule has 0 bridgehead atoms. The molecule has 164 valence electrons. The second kappa shape index (κ2) is 7.55. The van der Waals surface area contributed by atoms with Crippen molar-refractivity contribution in [1.82, 2.24) is 34.4 Å². The van der Waals surface area contributed by atoms with Crippen LogP contribution in [0.3, 0.4) is 0 Å². The van der Waals surface area contributed by atoms with Crippen LogP contribution >= 0.6 is 0 Å². The number of imide groups is 1. The number of imidazole rings is 1. The van der Waals surface area contributed by atoms with Gasteiger partial charge < -0.3 is 15.2 Å². The molecule has 0 spiro atoms. The average Bonchev–Trinajstić information content (AvgIpc) is 3.17. The molecule has 0 aromatic carbocycles. The highest BCUT2D eigenvalue weighted by Gasteiger charge is 2.25. The van der Waals surface area contributed by atoms with E-state index in [2.05, 4.69) is 31.0 Å². The summed E-state index contributed by atoms with van der Waals surface area (Å²) in [6, 6.07) is 6.08. The van der Waals surface area contributed by atoms with Crippen molar-refractivity contribution >= 4 is 41.0 Å². The quantitative estimate of drug-likeness (QED) is 0.306. The molecule has 11 nitrogen and oxygen atoms in total. The van der Waals surface area contributed by atoms with Crippen molar-refractivity contribution in [3.8, 4) is 5.69 Å². The predicted octanol–water partition coefficient (Wildman–Crippen LogP) is 2.06. The van der Waals surface area contributed by atoms with Crippen LogP contribution in [0, 0.1) is 0 Å². The van der Waals surface area contributed by atoms with Gasteiger partial charge in [0, 0.05) is 35.6 Å². The summed E-state index contributed by atoms with van der Waals surface area (Å²) in [7, 11) is 0. The molecular weight excluding hydrogens is 422 g/mol. The number of hydrogen-bond donors (Lipinski definition) is 3. The van der Waals surface area contributed by atoms with Gasteiger partial charge in [0.25, 0.3) is 5.91 Å². The number of aromatic nitrogens is 6. The molecule has 1 aliphatic heterocycles. The molecule has 1 saturated carbocycles. The first kappa shape index (κ1) is 19.2. The summed E-state index contributed by atoms with van der Waals surface area (Å²) in [5.41, 5.74) is 2.51. The molecule has 2 aliphatic rings. The van der Waals surface area contributed by atoms with Gasteiger partial charge in [0.1, 0.15) is 17.5 Å². The van der Waals surface area contributed by atoms with Crippen LogP contribution in [0.5, 0.6) is 0 Å². The Hall–Kier alpha value is -4.54. The fourth-order valence-corrected chi connectivity index (χ4v) is 3.65. The van der Waals surface area contributed by atoms with Crippen LogP contribution in [-0.2, 0) is 9.59 Å². The van der Waals surface area contributed by atoms with Gasteiger partial charge in [-0.2, -0.15) is 9.61 Å². The van der Waals surface area contributed by atoms with Gasteiger partial charge in [0.2, 0.25) is 5.91 Å². The molecule has 2 fully saturated rings. The van der Waals surface area contributed by atoms with Gasteiger partial charge in [-0.05, 0) is 31.1 Å². The van der Waals surface area contributed by atoms with E-state index in [4.69, 9.17) is 4.98 Å². The van der Waals surface area contributed by atoms with E-state index in [-0.39, 0.29) is 18.2 Å². The van der Waals surface area contributed by atoms with Crippen LogP contribution in [0.4, 0.5) is 17.5 Å². The number of nitrogens with zero attached hydrogens (tertiary/aromatic N) is 6. The number of anilines is 3. The van der Waals surface area contributed by atoms with Crippen LogP contribution in [-0.4, -0.2) is 47.0 Å². The highest BCUT2D eigenvalue weighted by Crippen LogP contribution is 2.28. The molecule has 1 saturated heterocycles. The summed E-state index contributed by atoms with van der Waals surface area (Å²) in [5.74, 6) is 1.32. The minimum atomic E-state index is -0.382. The standard InChI is InChI=1S/C22H19N9O2/c32-20-8-13(22(33)29-20)7-14-10-25-31-19(26-15-1-2-15)9-18(28-21(14)31)27-17-4-3-16(11-24-17)30-6-5-23-12-30/h3-7,9-12,15,26H,1-2,8H2,(H,24,27,28)(H,29,32,33)/b13-7+. The van der Waals surface area contributed by atoms with Gasteiger partial charge in [-0.3, -0.25) is 14.9 Å². The Labute approximate surface area is 187 Å². The number of rotatable bonds is 6. The molecule has 4 aromatic rings. The first-order valence-corrected chi connectivity index (χ1v) is 10.5. The van der Waals surface area contributed by atoms with E-state index in [0.29, 0.717) is 34.5 Å². The lowest BCUT2D eigenvalue weighted by Gasteiger charge is -2.11. The van der Waals surface area contributed by atoms with E-state index < -0.39 is 0 Å². The van der Waals surface area contributed by atoms with Crippen molar-refractivity contribution < 1.29 is 9.59 Å². The molecule has 0 unspecified atom stereocenters. The van der Waals surface area contributed by atoms with Crippen LogP contribution in [0.15, 0.2) is 54.9 Å². The summed E-state index contributed by atoms with van der Waals surface area (Å²) in [6.07, 6.45) is 12.6. The minimum Gasteiger partial charge on any atom is -0.367 e. The topological polar surface area (TPSA) is 131 Å². The second-order valence-corrected chi connectivity index (χ2v) is 8.00. The van der Waals surface area contributed by atoms with Gasteiger partial charge in [0.15, 0.2) is 5.65 Å².